The third-order valence-electron chi connectivity index (χ3n) is 3.73. The molecule has 0 aliphatic carbocycles. The fourth-order valence-corrected chi connectivity index (χ4v) is 2.47. The van der Waals surface area contributed by atoms with Crippen molar-refractivity contribution in [3.05, 3.63) is 66.4 Å². The van der Waals surface area contributed by atoms with Gasteiger partial charge in [-0.25, -0.2) is 0 Å². The van der Waals surface area contributed by atoms with Crippen LogP contribution >= 0.6 is 0 Å². The van der Waals surface area contributed by atoms with Gasteiger partial charge in [0.1, 0.15) is 30.2 Å². The van der Waals surface area contributed by atoms with Gasteiger partial charge in [-0.15, -0.1) is 0 Å². The monoisotopic (exact) mass is 307 g/mol. The summed E-state index contributed by atoms with van der Waals surface area (Å²) >= 11 is 0. The molecule has 0 bridgehead atoms. The van der Waals surface area contributed by atoms with E-state index in [-0.39, 0.29) is 0 Å². The maximum Gasteiger partial charge on any atom is 0.145 e. The van der Waals surface area contributed by atoms with Gasteiger partial charge in [0.05, 0.1) is 0 Å². The van der Waals surface area contributed by atoms with Crippen LogP contribution in [0.3, 0.4) is 0 Å². The largest absolute Gasteiger partial charge is 0.490 e. The van der Waals surface area contributed by atoms with Crippen molar-refractivity contribution in [3.63, 3.8) is 0 Å². The quantitative estimate of drug-likeness (QED) is 0.612. The summed E-state index contributed by atoms with van der Waals surface area (Å²) in [6.07, 6.45) is 1.78. The van der Waals surface area contributed by atoms with E-state index in [2.05, 4.69) is 31.0 Å². The standard InChI is InChI=1S/C20H21NO2/c1-15(2)17-7-3-9-18(14-17)22-12-13-23-19-10-4-6-16-8-5-11-21-20(16)19/h3-11,14-15H,12-13H2,1-2H3. The summed E-state index contributed by atoms with van der Waals surface area (Å²) in [5.74, 6) is 2.18. The van der Waals surface area contributed by atoms with E-state index >= 15 is 0 Å². The number of hydrogen-bond donors (Lipinski definition) is 0. The average Bonchev–Trinajstić information content (AvgIpc) is 2.59. The Morgan fingerprint density at radius 2 is 1.70 bits per heavy atom. The number of pyridine rings is 1. The van der Waals surface area contributed by atoms with Crippen molar-refractivity contribution in [2.75, 3.05) is 13.2 Å². The second-order valence-electron chi connectivity index (χ2n) is 5.76. The van der Waals surface area contributed by atoms with Crippen molar-refractivity contribution in [2.45, 2.75) is 19.8 Å². The number of hydrogen-bond acceptors (Lipinski definition) is 3. The number of rotatable bonds is 6. The lowest BCUT2D eigenvalue weighted by Crippen LogP contribution is -2.09. The van der Waals surface area contributed by atoms with E-state index < -0.39 is 0 Å². The van der Waals surface area contributed by atoms with E-state index in [1.165, 1.54) is 5.56 Å². The van der Waals surface area contributed by atoms with Crippen LogP contribution in [0.4, 0.5) is 0 Å². The second-order valence-corrected chi connectivity index (χ2v) is 5.76. The molecule has 3 heteroatoms. The summed E-state index contributed by atoms with van der Waals surface area (Å²) in [5, 5.41) is 1.08. The molecule has 0 amide bonds. The van der Waals surface area contributed by atoms with E-state index in [0.717, 1.165) is 22.4 Å². The van der Waals surface area contributed by atoms with Gasteiger partial charge in [0.15, 0.2) is 0 Å². The van der Waals surface area contributed by atoms with E-state index in [1.54, 1.807) is 6.20 Å². The highest BCUT2D eigenvalue weighted by molar-refractivity contribution is 5.84. The lowest BCUT2D eigenvalue weighted by atomic mass is 10.0. The van der Waals surface area contributed by atoms with E-state index in [9.17, 15) is 0 Å². The lowest BCUT2D eigenvalue weighted by Gasteiger charge is -2.11. The Balaban J connectivity index is 1.58. The van der Waals surface area contributed by atoms with Gasteiger partial charge < -0.3 is 9.47 Å². The van der Waals surface area contributed by atoms with Crippen molar-refractivity contribution in [2.24, 2.45) is 0 Å². The summed E-state index contributed by atoms with van der Waals surface area (Å²) in [4.78, 5) is 4.38. The molecule has 0 radical (unpaired) electrons. The highest BCUT2D eigenvalue weighted by Crippen LogP contribution is 2.23. The molecule has 118 valence electrons. The van der Waals surface area contributed by atoms with Crippen molar-refractivity contribution in [3.8, 4) is 11.5 Å². The third kappa shape index (κ3) is 3.81. The summed E-state index contributed by atoms with van der Waals surface area (Å²) < 4.78 is 11.6. The molecule has 1 heterocycles. The first-order chi connectivity index (χ1) is 11.2. The molecule has 0 spiro atoms. The first kappa shape index (κ1) is 15.3. The number of para-hydroxylation sites is 1. The van der Waals surface area contributed by atoms with Gasteiger partial charge in [0, 0.05) is 11.6 Å². The first-order valence-electron chi connectivity index (χ1n) is 7.93. The van der Waals surface area contributed by atoms with E-state index in [0.29, 0.717) is 19.1 Å². The van der Waals surface area contributed by atoms with Gasteiger partial charge in [-0.05, 0) is 35.7 Å². The summed E-state index contributed by atoms with van der Waals surface area (Å²) in [7, 11) is 0. The molecule has 3 rings (SSSR count). The van der Waals surface area contributed by atoms with Crippen molar-refractivity contribution >= 4 is 10.9 Å². The van der Waals surface area contributed by atoms with Crippen LogP contribution in [0, 0.1) is 0 Å². The lowest BCUT2D eigenvalue weighted by molar-refractivity contribution is 0.218. The predicted octanol–water partition coefficient (Wildman–Crippen LogP) is 4.82. The summed E-state index contributed by atoms with van der Waals surface area (Å²) in [6.45, 7) is 5.35. The minimum atomic E-state index is 0.488. The van der Waals surface area contributed by atoms with E-state index in [1.807, 2.05) is 42.5 Å². The smallest absolute Gasteiger partial charge is 0.145 e. The average molecular weight is 307 g/mol. The Morgan fingerprint density at radius 1 is 0.913 bits per heavy atom. The van der Waals surface area contributed by atoms with Gasteiger partial charge in [0.2, 0.25) is 0 Å². The molecule has 0 fully saturated rings. The zero-order valence-corrected chi connectivity index (χ0v) is 13.5. The van der Waals surface area contributed by atoms with Crippen LogP contribution < -0.4 is 9.47 Å². The molecular formula is C20H21NO2. The van der Waals surface area contributed by atoms with Crippen LogP contribution in [0.1, 0.15) is 25.3 Å². The maximum absolute atomic E-state index is 5.83. The first-order valence-corrected chi connectivity index (χ1v) is 7.93. The summed E-state index contributed by atoms with van der Waals surface area (Å²) in [5.41, 5.74) is 2.17. The van der Waals surface area contributed by atoms with Crippen LogP contribution in [0.25, 0.3) is 10.9 Å². The normalized spacial score (nSPS) is 10.9. The molecule has 0 atom stereocenters. The van der Waals surface area contributed by atoms with E-state index in [4.69, 9.17) is 9.47 Å². The van der Waals surface area contributed by atoms with Crippen molar-refractivity contribution in [1.29, 1.82) is 0 Å². The van der Waals surface area contributed by atoms with Crippen molar-refractivity contribution < 1.29 is 9.47 Å². The fraction of sp³-hybridized carbons (Fsp3) is 0.250. The molecule has 0 unspecified atom stereocenters. The second kappa shape index (κ2) is 7.14. The third-order valence-corrected chi connectivity index (χ3v) is 3.73. The van der Waals surface area contributed by atoms with Crippen LogP contribution in [-0.4, -0.2) is 18.2 Å². The van der Waals surface area contributed by atoms with Crippen LogP contribution in [0.15, 0.2) is 60.8 Å². The molecule has 2 aromatic carbocycles. The van der Waals surface area contributed by atoms with Crippen LogP contribution in [0.2, 0.25) is 0 Å². The minimum absolute atomic E-state index is 0.488. The molecule has 3 nitrogen and oxygen atoms in total. The molecule has 0 aliphatic heterocycles. The van der Waals surface area contributed by atoms with Crippen LogP contribution in [-0.2, 0) is 0 Å². The Kier molecular flexibility index (Phi) is 4.77. The number of fused-ring (bicyclic) bond motifs is 1. The van der Waals surface area contributed by atoms with Crippen molar-refractivity contribution in [1.82, 2.24) is 4.98 Å². The number of nitrogens with zero attached hydrogens (tertiary/aromatic N) is 1. The predicted molar refractivity (Wildman–Crippen MR) is 93.3 cm³/mol. The Labute approximate surface area is 136 Å². The highest BCUT2D eigenvalue weighted by atomic mass is 16.5. The molecule has 0 N–H and O–H groups in total. The highest BCUT2D eigenvalue weighted by Gasteiger charge is 2.04. The van der Waals surface area contributed by atoms with Gasteiger partial charge >= 0.3 is 0 Å². The molecule has 0 saturated carbocycles. The molecule has 0 aliphatic rings. The van der Waals surface area contributed by atoms with Gasteiger partial charge in [-0.3, -0.25) is 4.98 Å². The Bertz CT molecular complexity index is 778. The minimum Gasteiger partial charge on any atom is -0.490 e. The Hall–Kier alpha value is -2.55. The molecular weight excluding hydrogens is 286 g/mol. The Morgan fingerprint density at radius 3 is 2.57 bits per heavy atom. The fourth-order valence-electron chi connectivity index (χ4n) is 2.47. The maximum atomic E-state index is 5.83. The van der Waals surface area contributed by atoms with Gasteiger partial charge in [-0.1, -0.05) is 44.2 Å². The summed E-state index contributed by atoms with van der Waals surface area (Å²) in [6, 6.07) is 18.1. The molecule has 23 heavy (non-hydrogen) atoms. The number of ether oxygens (including phenoxy) is 2. The molecule has 1 aromatic heterocycles. The molecule has 0 saturated heterocycles. The van der Waals surface area contributed by atoms with Gasteiger partial charge in [0.25, 0.3) is 0 Å². The SMILES string of the molecule is CC(C)c1cccc(OCCOc2cccc3cccnc23)c1. The van der Waals surface area contributed by atoms with Crippen LogP contribution in [0.5, 0.6) is 11.5 Å². The molecule has 3 aromatic rings. The topological polar surface area (TPSA) is 31.4 Å². The van der Waals surface area contributed by atoms with Gasteiger partial charge in [-0.2, -0.15) is 0 Å². The number of benzene rings is 2. The zero-order valence-electron chi connectivity index (χ0n) is 13.5. The zero-order chi connectivity index (χ0) is 16.1. The number of aromatic nitrogens is 1.